The Balaban J connectivity index is 1.70. The van der Waals surface area contributed by atoms with E-state index >= 15 is 0 Å². The van der Waals surface area contributed by atoms with E-state index in [2.05, 4.69) is 22.3 Å². The number of amides is 1. The highest BCUT2D eigenvalue weighted by Crippen LogP contribution is 2.17. The average molecular weight is 351 g/mol. The molecule has 3 rings (SSSR count). The third-order valence-corrected chi connectivity index (χ3v) is 4.66. The summed E-state index contributed by atoms with van der Waals surface area (Å²) in [5.74, 6) is 0. The van der Waals surface area contributed by atoms with Crippen LogP contribution < -0.4 is 5.32 Å². The third kappa shape index (κ3) is 5.17. The first-order valence-electron chi connectivity index (χ1n) is 9.12. The van der Waals surface area contributed by atoms with E-state index in [1.54, 1.807) is 12.1 Å². The van der Waals surface area contributed by atoms with Crippen LogP contribution in [0.4, 0.5) is 10.5 Å². The van der Waals surface area contributed by atoms with Gasteiger partial charge in [-0.15, -0.1) is 0 Å². The Morgan fingerprint density at radius 2 is 1.81 bits per heavy atom. The number of nitrogens with one attached hydrogen (secondary N) is 1. The number of hydrogen-bond acceptors (Lipinski definition) is 4. The summed E-state index contributed by atoms with van der Waals surface area (Å²) in [6, 6.07) is 19.6. The monoisotopic (exact) mass is 351 g/mol. The van der Waals surface area contributed by atoms with Crippen molar-refractivity contribution >= 4 is 17.5 Å². The summed E-state index contributed by atoms with van der Waals surface area (Å²) >= 11 is 0. The Kier molecular flexibility index (Phi) is 6.39. The quantitative estimate of drug-likeness (QED) is 0.490. The summed E-state index contributed by atoms with van der Waals surface area (Å²) in [7, 11) is 0. The van der Waals surface area contributed by atoms with E-state index in [-0.39, 0.29) is 0 Å². The molecule has 136 valence electrons. The Morgan fingerprint density at radius 1 is 1.12 bits per heavy atom. The predicted octanol–water partition coefficient (Wildman–Crippen LogP) is 4.51. The molecule has 1 fully saturated rings. The van der Waals surface area contributed by atoms with Crippen molar-refractivity contribution in [3.05, 3.63) is 66.2 Å². The molecule has 26 heavy (non-hydrogen) atoms. The Bertz CT molecular complexity index is 731. The Labute approximate surface area is 154 Å². The largest absolute Gasteiger partial charge is 0.437 e. The van der Waals surface area contributed by atoms with E-state index in [9.17, 15) is 4.79 Å². The SMILES string of the molecule is CC1CCCCN1C/C(=N/OC(=O)Nc1ccccc1)c1ccccc1. The van der Waals surface area contributed by atoms with E-state index < -0.39 is 6.09 Å². The number of oxime groups is 1. The molecule has 0 aromatic heterocycles. The lowest BCUT2D eigenvalue weighted by molar-refractivity contribution is 0.162. The van der Waals surface area contributed by atoms with Gasteiger partial charge in [-0.25, -0.2) is 4.79 Å². The second kappa shape index (κ2) is 9.15. The van der Waals surface area contributed by atoms with Crippen molar-refractivity contribution in [2.75, 3.05) is 18.4 Å². The van der Waals surface area contributed by atoms with Crippen molar-refractivity contribution in [3.63, 3.8) is 0 Å². The lowest BCUT2D eigenvalue weighted by atomic mass is 10.0. The van der Waals surface area contributed by atoms with Crippen LogP contribution in [0.25, 0.3) is 0 Å². The van der Waals surface area contributed by atoms with Crippen LogP contribution in [0.3, 0.4) is 0 Å². The minimum atomic E-state index is -0.587. The number of benzene rings is 2. The fourth-order valence-electron chi connectivity index (χ4n) is 3.15. The van der Waals surface area contributed by atoms with Crippen LogP contribution in [-0.4, -0.2) is 35.8 Å². The lowest BCUT2D eigenvalue weighted by Gasteiger charge is -2.33. The zero-order valence-corrected chi connectivity index (χ0v) is 15.1. The molecule has 2 aromatic rings. The van der Waals surface area contributed by atoms with Gasteiger partial charge in [0, 0.05) is 23.8 Å². The van der Waals surface area contributed by atoms with Crippen molar-refractivity contribution < 1.29 is 9.63 Å². The molecular formula is C21H25N3O2. The van der Waals surface area contributed by atoms with Gasteiger partial charge in [-0.05, 0) is 38.4 Å². The fourth-order valence-corrected chi connectivity index (χ4v) is 3.15. The molecule has 0 spiro atoms. The van der Waals surface area contributed by atoms with E-state index in [1.165, 1.54) is 19.3 Å². The van der Waals surface area contributed by atoms with Gasteiger partial charge < -0.3 is 0 Å². The van der Waals surface area contributed by atoms with Gasteiger partial charge in [-0.3, -0.25) is 15.1 Å². The van der Waals surface area contributed by atoms with E-state index in [4.69, 9.17) is 4.84 Å². The number of hydrogen-bond donors (Lipinski definition) is 1. The fraction of sp³-hybridized carbons (Fsp3) is 0.333. The molecule has 5 nitrogen and oxygen atoms in total. The van der Waals surface area contributed by atoms with Crippen molar-refractivity contribution in [1.29, 1.82) is 0 Å². The second-order valence-corrected chi connectivity index (χ2v) is 6.59. The van der Waals surface area contributed by atoms with E-state index in [0.29, 0.717) is 18.3 Å². The van der Waals surface area contributed by atoms with Crippen LogP contribution in [0, 0.1) is 0 Å². The molecule has 0 radical (unpaired) electrons. The number of rotatable bonds is 5. The van der Waals surface area contributed by atoms with Crippen molar-refractivity contribution in [2.24, 2.45) is 5.16 Å². The molecule has 1 N–H and O–H groups in total. The topological polar surface area (TPSA) is 53.9 Å². The summed E-state index contributed by atoms with van der Waals surface area (Å²) in [6.07, 6.45) is 3.07. The summed E-state index contributed by atoms with van der Waals surface area (Å²) in [6.45, 7) is 3.96. The first-order chi connectivity index (χ1) is 12.7. The van der Waals surface area contributed by atoms with Crippen molar-refractivity contribution in [1.82, 2.24) is 4.90 Å². The summed E-state index contributed by atoms with van der Waals surface area (Å²) in [5, 5.41) is 6.86. The molecular weight excluding hydrogens is 326 g/mol. The molecule has 5 heteroatoms. The molecule has 0 bridgehead atoms. The first-order valence-corrected chi connectivity index (χ1v) is 9.12. The molecule has 1 aliphatic rings. The molecule has 0 saturated carbocycles. The molecule has 1 saturated heterocycles. The van der Waals surface area contributed by atoms with Crippen LogP contribution in [-0.2, 0) is 4.84 Å². The van der Waals surface area contributed by atoms with Crippen LogP contribution in [0.1, 0.15) is 31.7 Å². The van der Waals surface area contributed by atoms with Gasteiger partial charge in [0.2, 0.25) is 0 Å². The van der Waals surface area contributed by atoms with Crippen LogP contribution in [0.2, 0.25) is 0 Å². The third-order valence-electron chi connectivity index (χ3n) is 4.66. The Hall–Kier alpha value is -2.66. The molecule has 1 amide bonds. The van der Waals surface area contributed by atoms with Gasteiger partial charge >= 0.3 is 6.09 Å². The minimum absolute atomic E-state index is 0.510. The molecule has 1 heterocycles. The minimum Gasteiger partial charge on any atom is -0.297 e. The zero-order valence-electron chi connectivity index (χ0n) is 15.1. The highest BCUT2D eigenvalue weighted by molar-refractivity contribution is 6.02. The van der Waals surface area contributed by atoms with Crippen LogP contribution >= 0.6 is 0 Å². The summed E-state index contributed by atoms with van der Waals surface area (Å²) in [5.41, 5.74) is 2.42. The number of piperidine rings is 1. The predicted molar refractivity (Wildman–Crippen MR) is 104 cm³/mol. The maximum atomic E-state index is 12.1. The number of likely N-dealkylation sites (tertiary alicyclic amines) is 1. The maximum Gasteiger partial charge on any atom is 0.437 e. The average Bonchev–Trinajstić information content (AvgIpc) is 2.68. The van der Waals surface area contributed by atoms with Gasteiger partial charge in [0.15, 0.2) is 0 Å². The van der Waals surface area contributed by atoms with Gasteiger partial charge in [-0.2, -0.15) is 0 Å². The number of anilines is 1. The lowest BCUT2D eigenvalue weighted by Crippen LogP contribution is -2.41. The van der Waals surface area contributed by atoms with E-state index in [1.807, 2.05) is 48.5 Å². The number of carbonyl (C=O) groups is 1. The van der Waals surface area contributed by atoms with Gasteiger partial charge in [0.25, 0.3) is 0 Å². The number of para-hydroxylation sites is 1. The standard InChI is InChI=1S/C21H25N3O2/c1-17-10-8-9-15-24(17)16-20(18-11-4-2-5-12-18)23-26-21(25)22-19-13-6-3-7-14-19/h2-7,11-14,17H,8-10,15-16H2,1H3,(H,22,25)/b23-20-. The van der Waals surface area contributed by atoms with Crippen molar-refractivity contribution in [3.8, 4) is 0 Å². The van der Waals surface area contributed by atoms with Gasteiger partial charge in [0.05, 0.1) is 0 Å². The molecule has 0 aliphatic carbocycles. The summed E-state index contributed by atoms with van der Waals surface area (Å²) in [4.78, 5) is 19.6. The number of nitrogens with zero attached hydrogens (tertiary/aromatic N) is 2. The van der Waals surface area contributed by atoms with Crippen LogP contribution in [0.5, 0.6) is 0 Å². The highest BCUT2D eigenvalue weighted by atomic mass is 16.7. The normalized spacial score (nSPS) is 18.3. The molecule has 2 aromatic carbocycles. The van der Waals surface area contributed by atoms with Gasteiger partial charge in [0.1, 0.15) is 5.71 Å². The number of carbonyl (C=O) groups excluding carboxylic acids is 1. The zero-order chi connectivity index (χ0) is 18.2. The molecule has 1 atom stereocenters. The smallest absolute Gasteiger partial charge is 0.297 e. The highest BCUT2D eigenvalue weighted by Gasteiger charge is 2.21. The Morgan fingerprint density at radius 3 is 2.50 bits per heavy atom. The maximum absolute atomic E-state index is 12.1. The second-order valence-electron chi connectivity index (χ2n) is 6.59. The first kappa shape index (κ1) is 18.1. The van der Waals surface area contributed by atoms with Crippen molar-refractivity contribution in [2.45, 2.75) is 32.2 Å². The van der Waals surface area contributed by atoms with Crippen LogP contribution in [0.15, 0.2) is 65.8 Å². The molecule has 1 aliphatic heterocycles. The van der Waals surface area contributed by atoms with Gasteiger partial charge in [-0.1, -0.05) is 60.1 Å². The van der Waals surface area contributed by atoms with E-state index in [0.717, 1.165) is 17.8 Å². The molecule has 1 unspecified atom stereocenters. The summed E-state index contributed by atoms with van der Waals surface area (Å²) < 4.78 is 0.